The van der Waals surface area contributed by atoms with Crippen molar-refractivity contribution in [3.63, 3.8) is 0 Å². The molecule has 0 radical (unpaired) electrons. The van der Waals surface area contributed by atoms with E-state index in [-0.39, 0.29) is 30.9 Å². The van der Waals surface area contributed by atoms with Gasteiger partial charge in [-0.25, -0.2) is 9.59 Å². The Bertz CT molecular complexity index is 1560. The second-order valence-electron chi connectivity index (χ2n) is 12.8. The van der Waals surface area contributed by atoms with Crippen molar-refractivity contribution in [2.75, 3.05) is 19.6 Å². The van der Waals surface area contributed by atoms with Crippen LogP contribution in [0.5, 0.6) is 5.75 Å². The number of ether oxygens (including phenoxy) is 1. The summed E-state index contributed by atoms with van der Waals surface area (Å²) in [6.45, 7) is 1.64. The predicted molar refractivity (Wildman–Crippen MR) is 180 cm³/mol. The van der Waals surface area contributed by atoms with Crippen LogP contribution in [0.2, 0.25) is 0 Å². The van der Waals surface area contributed by atoms with E-state index in [0.717, 1.165) is 0 Å². The molecule has 18 nitrogen and oxygen atoms in total. The molecule has 1 unspecified atom stereocenters. The number of hydrogen-bond donors (Lipinski definition) is 11. The highest BCUT2D eigenvalue weighted by atomic mass is 16.7. The lowest BCUT2D eigenvalue weighted by Crippen LogP contribution is -2.56. The number of carboxylic acids is 2. The molecule has 0 bridgehead atoms. The number of carboxylic acid groups (broad SMARTS) is 2. The summed E-state index contributed by atoms with van der Waals surface area (Å²) < 4.78 is 4.98. The third-order valence-corrected chi connectivity index (χ3v) is 8.09. The summed E-state index contributed by atoms with van der Waals surface area (Å²) in [5.74, 6) is -8.67. The van der Waals surface area contributed by atoms with Crippen molar-refractivity contribution >= 4 is 35.6 Å². The fraction of sp³-hybridized carbons (Fsp3) is 0.471. The third-order valence-electron chi connectivity index (χ3n) is 8.09. The highest BCUT2D eigenvalue weighted by molar-refractivity contribution is 5.93. The van der Waals surface area contributed by atoms with E-state index in [1.165, 1.54) is 24.3 Å². The summed E-state index contributed by atoms with van der Waals surface area (Å²) >= 11 is 0. The zero-order chi connectivity index (χ0) is 38.6. The van der Waals surface area contributed by atoms with Gasteiger partial charge in [0.1, 0.15) is 30.0 Å². The number of hydrogen-bond acceptors (Lipinski definition) is 12. The van der Waals surface area contributed by atoms with Gasteiger partial charge in [-0.15, -0.1) is 0 Å². The lowest BCUT2D eigenvalue weighted by atomic mass is 10.0. The van der Waals surface area contributed by atoms with Gasteiger partial charge in [-0.3, -0.25) is 19.2 Å². The van der Waals surface area contributed by atoms with Crippen molar-refractivity contribution in [2.24, 2.45) is 5.92 Å². The van der Waals surface area contributed by atoms with Crippen LogP contribution >= 0.6 is 0 Å². The Kier molecular flexibility index (Phi) is 15.0. The Morgan fingerprint density at radius 3 is 1.94 bits per heavy atom. The van der Waals surface area contributed by atoms with Gasteiger partial charge in [0, 0.05) is 6.42 Å². The molecule has 0 aliphatic carbocycles. The summed E-state index contributed by atoms with van der Waals surface area (Å²) in [6.07, 6.45) is -5.86. The summed E-state index contributed by atoms with van der Waals surface area (Å²) in [7, 11) is 0. The molecule has 0 saturated carbocycles. The number of aliphatic carboxylic acids is 2. The molecular weight excluding hydrogens is 686 g/mol. The number of phenolic OH excluding ortho intramolecular Hbond substituents is 1. The van der Waals surface area contributed by atoms with Gasteiger partial charge < -0.3 is 62.0 Å². The van der Waals surface area contributed by atoms with Gasteiger partial charge in [0.15, 0.2) is 6.10 Å². The molecule has 11 N–H and O–H groups in total. The van der Waals surface area contributed by atoms with E-state index in [4.69, 9.17) is 4.74 Å². The number of nitrogens with one attached hydrogen (secondary N) is 5. The molecule has 284 valence electrons. The lowest BCUT2D eigenvalue weighted by Gasteiger charge is -2.28. The van der Waals surface area contributed by atoms with Gasteiger partial charge in [-0.05, 0) is 42.0 Å². The predicted octanol–water partition coefficient (Wildman–Crippen LogP) is -2.64. The minimum Gasteiger partial charge on any atom is -0.508 e. The molecule has 4 amide bonds. The normalized spacial score (nSPS) is 21.4. The largest absolute Gasteiger partial charge is 0.508 e. The first-order valence-electron chi connectivity index (χ1n) is 16.4. The maximum absolute atomic E-state index is 13.2. The maximum atomic E-state index is 13.2. The highest BCUT2D eigenvalue weighted by Gasteiger charge is 2.56. The smallest absolute Gasteiger partial charge is 0.335 e. The van der Waals surface area contributed by atoms with Gasteiger partial charge in [0.2, 0.25) is 29.4 Å². The quantitative estimate of drug-likeness (QED) is 0.0705. The molecule has 18 heteroatoms. The number of amides is 4. The topological polar surface area (TPSA) is 293 Å². The Labute approximate surface area is 298 Å². The molecule has 0 spiro atoms. The van der Waals surface area contributed by atoms with Crippen molar-refractivity contribution in [3.05, 3.63) is 65.7 Å². The first-order chi connectivity index (χ1) is 24.5. The van der Waals surface area contributed by atoms with E-state index in [1.807, 2.05) is 0 Å². The Morgan fingerprint density at radius 2 is 1.37 bits per heavy atom. The minimum absolute atomic E-state index is 0.0268. The minimum atomic E-state index is -2.60. The second-order valence-corrected chi connectivity index (χ2v) is 12.8. The fourth-order valence-corrected chi connectivity index (χ4v) is 5.33. The van der Waals surface area contributed by atoms with Crippen molar-refractivity contribution < 1.29 is 64.1 Å². The van der Waals surface area contributed by atoms with E-state index in [2.05, 4.69) is 26.6 Å². The van der Waals surface area contributed by atoms with Crippen LogP contribution in [-0.2, 0) is 46.3 Å². The Morgan fingerprint density at radius 1 is 0.769 bits per heavy atom. The zero-order valence-electron chi connectivity index (χ0n) is 28.5. The number of carbonyl (C=O) groups excluding carboxylic acids is 4. The van der Waals surface area contributed by atoms with Crippen LogP contribution in [0.25, 0.3) is 0 Å². The van der Waals surface area contributed by atoms with E-state index in [0.29, 0.717) is 11.1 Å². The highest BCUT2D eigenvalue weighted by Crippen LogP contribution is 2.29. The summed E-state index contributed by atoms with van der Waals surface area (Å²) in [6, 6.07) is 10.8. The number of aromatic hydroxyl groups is 1. The van der Waals surface area contributed by atoms with Crippen LogP contribution < -0.4 is 26.6 Å². The number of rotatable bonds is 19. The van der Waals surface area contributed by atoms with Crippen LogP contribution in [0.1, 0.15) is 31.4 Å². The number of aliphatic hydroxyl groups is 3. The van der Waals surface area contributed by atoms with Crippen LogP contribution in [0.4, 0.5) is 0 Å². The third kappa shape index (κ3) is 12.3. The van der Waals surface area contributed by atoms with Gasteiger partial charge >= 0.3 is 11.9 Å². The molecule has 1 fully saturated rings. The van der Waals surface area contributed by atoms with Gasteiger partial charge in [0.25, 0.3) is 0 Å². The summed E-state index contributed by atoms with van der Waals surface area (Å²) in [5.41, 5.74) is 1.20. The molecule has 1 saturated heterocycles. The zero-order valence-corrected chi connectivity index (χ0v) is 28.5. The van der Waals surface area contributed by atoms with E-state index < -0.39 is 97.4 Å². The van der Waals surface area contributed by atoms with Gasteiger partial charge in [0.05, 0.1) is 25.7 Å². The van der Waals surface area contributed by atoms with Crippen molar-refractivity contribution in [1.82, 2.24) is 26.6 Å². The molecule has 52 heavy (non-hydrogen) atoms. The average Bonchev–Trinajstić information content (AvgIpc) is 3.32. The molecule has 2 aromatic rings. The van der Waals surface area contributed by atoms with Gasteiger partial charge in [-0.2, -0.15) is 0 Å². The first-order valence-corrected chi connectivity index (χ1v) is 16.4. The molecule has 1 aliphatic rings. The van der Waals surface area contributed by atoms with Crippen molar-refractivity contribution in [1.29, 1.82) is 0 Å². The molecule has 1 aliphatic heterocycles. The number of benzene rings is 2. The first kappa shape index (κ1) is 41.3. The number of carbonyl (C=O) groups is 6. The number of phenols is 1. The monoisotopic (exact) mass is 731 g/mol. The van der Waals surface area contributed by atoms with Crippen molar-refractivity contribution in [2.45, 2.75) is 75.3 Å². The lowest BCUT2D eigenvalue weighted by molar-refractivity contribution is -0.227. The van der Waals surface area contributed by atoms with Gasteiger partial charge in [-0.1, -0.05) is 56.3 Å². The standard InChI is InChI=1S/C34H45N5O13/c1-18(2)12-24(32(47)48)39-31(46)23(14-19-6-4-3-5-7-19)38-26(42)16-35-25(41)15-36-30(45)22(13-20-8-10-21(40)11-9-20)37-17-34(51)29(44)27(43)28(52-34)33(49)50/h3-11,18,22-24,27-29,37,40,43-44,51H,12-17H2,1-2H3,(H,35,41)(H,36,45)(H,38,42)(H,39,46)(H,47,48)(H,49,50)/t22-,23-,24-,27+,28-,29-,34?/m0/s1. The number of aliphatic hydroxyl groups excluding tert-OH is 2. The average molecular weight is 732 g/mol. The van der Waals surface area contributed by atoms with Crippen LogP contribution in [0.15, 0.2) is 54.6 Å². The molecule has 1 heterocycles. The summed E-state index contributed by atoms with van der Waals surface area (Å²) in [4.78, 5) is 74.8. The Hall–Kier alpha value is -5.14. The molecule has 7 atom stereocenters. The van der Waals surface area contributed by atoms with Crippen molar-refractivity contribution in [3.8, 4) is 5.75 Å². The second kappa shape index (κ2) is 18.9. The molecule has 3 rings (SSSR count). The molecular formula is C34H45N5O13. The van der Waals surface area contributed by atoms with Crippen LogP contribution in [0, 0.1) is 5.92 Å². The van der Waals surface area contributed by atoms with E-state index >= 15 is 0 Å². The van der Waals surface area contributed by atoms with Crippen LogP contribution in [0.3, 0.4) is 0 Å². The molecule has 2 aromatic carbocycles. The Balaban J connectivity index is 1.61. The fourth-order valence-electron chi connectivity index (χ4n) is 5.33. The summed E-state index contributed by atoms with van der Waals surface area (Å²) in [5, 5.41) is 71.7. The van der Waals surface area contributed by atoms with Crippen LogP contribution in [-0.4, -0.2) is 128 Å². The molecule has 0 aromatic heterocycles. The van der Waals surface area contributed by atoms with E-state index in [1.54, 1.807) is 44.2 Å². The maximum Gasteiger partial charge on any atom is 0.335 e. The SMILES string of the molecule is CC(C)C[C@H](NC(=O)[C@H](Cc1ccccc1)NC(=O)CNC(=O)CNC(=O)[C@H](Cc1ccc(O)cc1)NCC1(O)O[C@H](C(=O)O)[C@@H](O)[C@@H]1O)C(=O)O. The van der Waals surface area contributed by atoms with E-state index in [9.17, 15) is 59.4 Å².